The van der Waals surface area contributed by atoms with E-state index in [0.717, 1.165) is 25.9 Å². The number of morpholine rings is 1. The second kappa shape index (κ2) is 7.39. The summed E-state index contributed by atoms with van der Waals surface area (Å²) in [6.45, 7) is 7.50. The molecular weight excluding hydrogens is 355 g/mol. The summed E-state index contributed by atoms with van der Waals surface area (Å²) in [7, 11) is -0.487. The lowest BCUT2D eigenvalue weighted by molar-refractivity contribution is 0.0718. The average Bonchev–Trinajstić information content (AvgIpc) is 2.90. The standard InChI is InChI=1S/C22H33N2O2P/c1-22(2)19-11-7-8-12-20(19)23(3)21(22)17-27(25,18-9-5-4-6-10-18)24-13-15-26-16-14-24/h7-8,11-12,17-18H,4-6,9-10,13-16H2,1-3H3/b21-17-. The van der Waals surface area contributed by atoms with Gasteiger partial charge in [0.05, 0.1) is 13.2 Å². The lowest BCUT2D eigenvalue weighted by Crippen LogP contribution is -2.37. The molecule has 1 saturated carbocycles. The van der Waals surface area contributed by atoms with Gasteiger partial charge in [-0.2, -0.15) is 0 Å². The molecule has 148 valence electrons. The second-order valence-electron chi connectivity index (χ2n) is 8.75. The van der Waals surface area contributed by atoms with Crippen LogP contribution in [0.25, 0.3) is 0 Å². The van der Waals surface area contributed by atoms with Crippen LogP contribution in [-0.2, 0) is 14.7 Å². The maximum atomic E-state index is 14.6. The molecule has 0 amide bonds. The van der Waals surface area contributed by atoms with Crippen molar-refractivity contribution in [2.45, 2.75) is 57.0 Å². The first kappa shape index (κ1) is 19.2. The Labute approximate surface area is 164 Å². The molecule has 0 N–H and O–H groups in total. The van der Waals surface area contributed by atoms with Gasteiger partial charge >= 0.3 is 0 Å². The molecule has 1 aromatic rings. The van der Waals surface area contributed by atoms with Crippen LogP contribution in [-0.4, -0.2) is 43.7 Å². The molecule has 0 radical (unpaired) electrons. The molecule has 0 bridgehead atoms. The van der Waals surface area contributed by atoms with Gasteiger partial charge in [-0.3, -0.25) is 0 Å². The van der Waals surface area contributed by atoms with E-state index in [1.54, 1.807) is 0 Å². The van der Waals surface area contributed by atoms with Gasteiger partial charge in [-0.1, -0.05) is 51.3 Å². The molecule has 2 fully saturated rings. The molecule has 2 heterocycles. The number of hydrogen-bond acceptors (Lipinski definition) is 3. The van der Waals surface area contributed by atoms with Gasteiger partial charge in [0.1, 0.15) is 0 Å². The van der Waals surface area contributed by atoms with E-state index in [9.17, 15) is 4.57 Å². The zero-order valence-electron chi connectivity index (χ0n) is 17.0. The number of ether oxygens (including phenoxy) is 1. The summed E-state index contributed by atoms with van der Waals surface area (Å²) in [5.74, 6) is 2.20. The number of benzene rings is 1. The smallest absolute Gasteiger partial charge is 0.176 e. The van der Waals surface area contributed by atoms with Gasteiger partial charge in [0.15, 0.2) is 7.29 Å². The SMILES string of the molecule is CN1/C(=C\P(=O)(C2CCCCC2)N2CCOCC2)C(C)(C)c2ccccc21. The third kappa shape index (κ3) is 3.30. The van der Waals surface area contributed by atoms with Crippen LogP contribution in [0.3, 0.4) is 0 Å². The summed E-state index contributed by atoms with van der Waals surface area (Å²) in [5, 5.41) is 0. The zero-order valence-corrected chi connectivity index (χ0v) is 17.9. The van der Waals surface area contributed by atoms with Crippen molar-refractivity contribution in [1.82, 2.24) is 4.67 Å². The van der Waals surface area contributed by atoms with Gasteiger partial charge in [-0.05, 0) is 24.5 Å². The highest BCUT2D eigenvalue weighted by atomic mass is 31.2. The summed E-state index contributed by atoms with van der Waals surface area (Å²) in [6.07, 6.45) is 5.89. The Morgan fingerprint density at radius 1 is 1.11 bits per heavy atom. The molecule has 2 aliphatic heterocycles. The fourth-order valence-corrected chi connectivity index (χ4v) is 8.72. The highest BCUT2D eigenvalue weighted by Crippen LogP contribution is 2.62. The Morgan fingerprint density at radius 3 is 2.44 bits per heavy atom. The molecule has 1 aromatic carbocycles. The molecule has 3 aliphatic rings. The minimum absolute atomic E-state index is 0.123. The van der Waals surface area contributed by atoms with E-state index in [1.807, 2.05) is 0 Å². The van der Waals surface area contributed by atoms with Crippen molar-refractivity contribution in [2.75, 3.05) is 38.3 Å². The minimum atomic E-state index is -2.62. The molecule has 1 unspecified atom stereocenters. The van der Waals surface area contributed by atoms with Gasteiger partial charge in [0.25, 0.3) is 0 Å². The molecule has 1 atom stereocenters. The number of fused-ring (bicyclic) bond motifs is 1. The number of likely N-dealkylation sites (N-methyl/N-ethyl adjacent to an activating group) is 1. The van der Waals surface area contributed by atoms with Gasteiger partial charge < -0.3 is 14.2 Å². The highest BCUT2D eigenvalue weighted by molar-refractivity contribution is 7.65. The zero-order chi connectivity index (χ0) is 19.1. The van der Waals surface area contributed by atoms with Gasteiger partial charge in [-0.25, -0.2) is 4.67 Å². The molecule has 0 spiro atoms. The van der Waals surface area contributed by atoms with Crippen molar-refractivity contribution in [3.8, 4) is 0 Å². The van der Waals surface area contributed by atoms with Crippen molar-refractivity contribution in [1.29, 1.82) is 0 Å². The first-order chi connectivity index (χ1) is 12.9. The van der Waals surface area contributed by atoms with Crippen LogP contribution in [0.1, 0.15) is 51.5 Å². The van der Waals surface area contributed by atoms with E-state index in [0.29, 0.717) is 18.9 Å². The summed E-state index contributed by atoms with van der Waals surface area (Å²) in [4.78, 5) is 2.27. The number of nitrogens with zero attached hydrogens (tertiary/aromatic N) is 2. The first-order valence-corrected chi connectivity index (χ1v) is 12.2. The highest BCUT2D eigenvalue weighted by Gasteiger charge is 2.44. The third-order valence-corrected chi connectivity index (χ3v) is 10.2. The molecule has 0 aromatic heterocycles. The van der Waals surface area contributed by atoms with E-state index in [4.69, 9.17) is 4.74 Å². The molecule has 4 rings (SSSR count). The lowest BCUT2D eigenvalue weighted by Gasteiger charge is -2.40. The normalized spacial score (nSPS) is 27.5. The minimum Gasteiger partial charge on any atom is -0.379 e. The topological polar surface area (TPSA) is 32.8 Å². The number of anilines is 1. The van der Waals surface area contributed by atoms with E-state index in [2.05, 4.69) is 60.5 Å². The number of rotatable bonds is 3. The Balaban J connectivity index is 1.78. The van der Waals surface area contributed by atoms with Crippen LogP contribution < -0.4 is 4.90 Å². The molecule has 1 aliphatic carbocycles. The molecule has 1 saturated heterocycles. The average molecular weight is 388 g/mol. The Kier molecular flexibility index (Phi) is 5.26. The number of para-hydroxylation sites is 1. The van der Waals surface area contributed by atoms with E-state index in [-0.39, 0.29) is 5.41 Å². The quantitative estimate of drug-likeness (QED) is 0.667. The van der Waals surface area contributed by atoms with Crippen molar-refractivity contribution in [2.24, 2.45) is 0 Å². The molecule has 5 heteroatoms. The van der Waals surface area contributed by atoms with E-state index >= 15 is 0 Å². The second-order valence-corrected chi connectivity index (χ2v) is 11.6. The lowest BCUT2D eigenvalue weighted by atomic mass is 9.84. The van der Waals surface area contributed by atoms with Crippen molar-refractivity contribution < 1.29 is 9.30 Å². The van der Waals surface area contributed by atoms with Gasteiger partial charge in [0.2, 0.25) is 0 Å². The number of allylic oxidation sites excluding steroid dienone is 1. The summed E-state index contributed by atoms with van der Waals surface area (Å²) < 4.78 is 22.5. The summed E-state index contributed by atoms with van der Waals surface area (Å²) >= 11 is 0. The fourth-order valence-electron chi connectivity index (χ4n) is 5.14. The maximum Gasteiger partial charge on any atom is 0.176 e. The monoisotopic (exact) mass is 388 g/mol. The van der Waals surface area contributed by atoms with Crippen molar-refractivity contribution in [3.63, 3.8) is 0 Å². The van der Waals surface area contributed by atoms with Crippen LogP contribution in [0.2, 0.25) is 0 Å². The van der Waals surface area contributed by atoms with Crippen LogP contribution in [0.5, 0.6) is 0 Å². The van der Waals surface area contributed by atoms with Crippen LogP contribution in [0.4, 0.5) is 5.69 Å². The van der Waals surface area contributed by atoms with E-state index < -0.39 is 7.29 Å². The molecule has 4 nitrogen and oxygen atoms in total. The fraction of sp³-hybridized carbons (Fsp3) is 0.636. The predicted molar refractivity (Wildman–Crippen MR) is 113 cm³/mol. The van der Waals surface area contributed by atoms with Gasteiger partial charge in [0, 0.05) is 48.4 Å². The molecule has 27 heavy (non-hydrogen) atoms. The van der Waals surface area contributed by atoms with E-state index in [1.165, 1.54) is 36.2 Å². The Hall–Kier alpha value is -1.09. The Morgan fingerprint density at radius 2 is 1.78 bits per heavy atom. The van der Waals surface area contributed by atoms with Crippen LogP contribution in [0, 0.1) is 0 Å². The maximum absolute atomic E-state index is 14.6. The molecular formula is C22H33N2O2P. The summed E-state index contributed by atoms with van der Waals surface area (Å²) in [5.41, 5.74) is 3.94. The van der Waals surface area contributed by atoms with Crippen LogP contribution >= 0.6 is 7.29 Å². The largest absolute Gasteiger partial charge is 0.379 e. The van der Waals surface area contributed by atoms with Gasteiger partial charge in [-0.15, -0.1) is 0 Å². The first-order valence-electron chi connectivity index (χ1n) is 10.4. The predicted octanol–water partition coefficient (Wildman–Crippen LogP) is 5.20. The number of hydrogen-bond donors (Lipinski definition) is 0. The van der Waals surface area contributed by atoms with Crippen LogP contribution in [0.15, 0.2) is 35.8 Å². The van der Waals surface area contributed by atoms with Crippen molar-refractivity contribution in [3.05, 3.63) is 41.3 Å². The Bertz CT molecular complexity index is 739. The van der Waals surface area contributed by atoms with Crippen molar-refractivity contribution >= 4 is 13.0 Å². The third-order valence-electron chi connectivity index (χ3n) is 6.78. The summed E-state index contributed by atoms with van der Waals surface area (Å²) in [6, 6.07) is 8.60.